The Hall–Kier alpha value is -1.87. The molecule has 0 spiro atoms. The highest BCUT2D eigenvalue weighted by Gasteiger charge is 2.57. The van der Waals surface area contributed by atoms with Crippen LogP contribution in [0.5, 0.6) is 5.75 Å². The minimum Gasteiger partial charge on any atom is -0.399 e. The Labute approximate surface area is 174 Å². The predicted molar refractivity (Wildman–Crippen MR) is 108 cm³/mol. The normalized spacial score (nSPS) is 31.0. The number of carbonyl (C=O) groups is 2. The van der Waals surface area contributed by atoms with Crippen LogP contribution in [0.25, 0.3) is 0 Å². The summed E-state index contributed by atoms with van der Waals surface area (Å²) in [6.07, 6.45) is 5.70. The molecule has 3 aliphatic rings. The van der Waals surface area contributed by atoms with Gasteiger partial charge in [0, 0.05) is 13.0 Å². The molecule has 2 amide bonds. The van der Waals surface area contributed by atoms with E-state index < -0.39 is 5.41 Å². The van der Waals surface area contributed by atoms with Crippen molar-refractivity contribution in [3.8, 4) is 5.75 Å². The standard InChI is InChI=1S/C21H26N2O5S/c1-3-10-23-19(24)12-18-17-6-4-13-11-14(26-29-28-27-22)5-7-15(13)16(17)8-9-21(18,2)20(23)25/h3,5,7,11,16-18H,1,4,6,8-10,12,22H2,2H3/t16?,17?,18?,21-/m0/s1. The van der Waals surface area contributed by atoms with Crippen LogP contribution in [0.15, 0.2) is 30.9 Å². The number of piperidine rings is 1. The summed E-state index contributed by atoms with van der Waals surface area (Å²) in [4.78, 5) is 31.3. The van der Waals surface area contributed by atoms with E-state index in [1.807, 2.05) is 12.1 Å². The summed E-state index contributed by atoms with van der Waals surface area (Å²) in [5.41, 5.74) is 2.10. The SMILES string of the molecule is C=CCN1C(=O)CC2C3CCc4cc(OSOON)ccc4C3CC[C@]2(C)C1=O. The van der Waals surface area contributed by atoms with Crippen LogP contribution in [0.1, 0.15) is 49.7 Å². The predicted octanol–water partition coefficient (Wildman–Crippen LogP) is 3.46. The Kier molecular flexibility index (Phi) is 5.70. The summed E-state index contributed by atoms with van der Waals surface area (Å²) in [5, 5.41) is 0. The minimum atomic E-state index is -0.463. The number of likely N-dealkylation sites (tertiary alicyclic amines) is 1. The molecular formula is C21H26N2O5S. The molecule has 2 aliphatic carbocycles. The molecule has 2 fully saturated rings. The van der Waals surface area contributed by atoms with Crippen LogP contribution in [0.2, 0.25) is 0 Å². The first kappa shape index (κ1) is 20.4. The highest BCUT2D eigenvalue weighted by atomic mass is 32.2. The molecular weight excluding hydrogens is 392 g/mol. The summed E-state index contributed by atoms with van der Waals surface area (Å²) < 4.78 is 9.88. The molecule has 2 N–H and O–H groups in total. The average Bonchev–Trinajstić information content (AvgIpc) is 2.72. The topological polar surface area (TPSA) is 91.1 Å². The highest BCUT2D eigenvalue weighted by Crippen LogP contribution is 2.58. The second-order valence-corrected chi connectivity index (χ2v) is 8.79. The van der Waals surface area contributed by atoms with Crippen LogP contribution in [0, 0.1) is 17.3 Å². The Morgan fingerprint density at radius 3 is 2.97 bits per heavy atom. The van der Waals surface area contributed by atoms with E-state index in [-0.39, 0.29) is 17.7 Å². The van der Waals surface area contributed by atoms with E-state index in [0.29, 0.717) is 42.9 Å². The van der Waals surface area contributed by atoms with Crippen LogP contribution in [-0.2, 0) is 25.3 Å². The molecule has 7 nitrogen and oxygen atoms in total. The fourth-order valence-corrected chi connectivity index (χ4v) is 5.92. The molecule has 156 valence electrons. The molecule has 0 radical (unpaired) electrons. The van der Waals surface area contributed by atoms with Crippen LogP contribution in [0.3, 0.4) is 0 Å². The zero-order valence-electron chi connectivity index (χ0n) is 16.5. The van der Waals surface area contributed by atoms with Gasteiger partial charge in [0.15, 0.2) is 0 Å². The third-order valence-corrected chi connectivity index (χ3v) is 7.42. The largest absolute Gasteiger partial charge is 0.399 e. The van der Waals surface area contributed by atoms with Gasteiger partial charge in [0.25, 0.3) is 12.3 Å². The van der Waals surface area contributed by atoms with Gasteiger partial charge in [0.2, 0.25) is 11.8 Å². The van der Waals surface area contributed by atoms with Crippen molar-refractivity contribution in [1.29, 1.82) is 0 Å². The first-order valence-electron chi connectivity index (χ1n) is 9.95. The number of nitrogens with two attached hydrogens (primary N) is 1. The lowest BCUT2D eigenvalue weighted by molar-refractivity contribution is -0.199. The summed E-state index contributed by atoms with van der Waals surface area (Å²) in [7, 11) is 0. The third-order valence-electron chi connectivity index (χ3n) is 7.03. The average molecular weight is 419 g/mol. The third kappa shape index (κ3) is 3.48. The van der Waals surface area contributed by atoms with Crippen molar-refractivity contribution in [2.24, 2.45) is 23.1 Å². The zero-order chi connectivity index (χ0) is 20.6. The molecule has 0 aromatic heterocycles. The van der Waals surface area contributed by atoms with Gasteiger partial charge in [0.05, 0.1) is 5.41 Å². The first-order chi connectivity index (χ1) is 14.0. The van der Waals surface area contributed by atoms with Gasteiger partial charge >= 0.3 is 0 Å². The maximum Gasteiger partial charge on any atom is 0.260 e. The molecule has 29 heavy (non-hydrogen) atoms. The lowest BCUT2D eigenvalue weighted by Crippen LogP contribution is -2.59. The van der Waals surface area contributed by atoms with Crippen molar-refractivity contribution in [2.45, 2.75) is 44.9 Å². The van der Waals surface area contributed by atoms with Gasteiger partial charge in [-0.1, -0.05) is 19.1 Å². The van der Waals surface area contributed by atoms with Crippen molar-refractivity contribution in [3.05, 3.63) is 42.0 Å². The van der Waals surface area contributed by atoms with Crippen LogP contribution < -0.4 is 10.1 Å². The van der Waals surface area contributed by atoms with Crippen molar-refractivity contribution in [3.63, 3.8) is 0 Å². The Bertz CT molecular complexity index is 831. The van der Waals surface area contributed by atoms with Crippen molar-refractivity contribution in [1.82, 2.24) is 4.90 Å². The van der Waals surface area contributed by atoms with Crippen molar-refractivity contribution < 1.29 is 23.1 Å². The van der Waals surface area contributed by atoms with Crippen molar-refractivity contribution in [2.75, 3.05) is 6.54 Å². The molecule has 1 aliphatic heterocycles. The van der Waals surface area contributed by atoms with E-state index in [0.717, 1.165) is 25.7 Å². The number of carbonyl (C=O) groups excluding carboxylic acids is 2. The maximum absolute atomic E-state index is 13.2. The van der Waals surface area contributed by atoms with E-state index in [4.69, 9.17) is 10.1 Å². The molecule has 1 saturated heterocycles. The Morgan fingerprint density at radius 2 is 2.21 bits per heavy atom. The van der Waals surface area contributed by atoms with Gasteiger partial charge in [-0.25, -0.2) is 0 Å². The summed E-state index contributed by atoms with van der Waals surface area (Å²) >= 11 is 0.665. The second-order valence-electron chi connectivity index (χ2n) is 8.35. The van der Waals surface area contributed by atoms with E-state index in [9.17, 15) is 9.59 Å². The summed E-state index contributed by atoms with van der Waals surface area (Å²) in [6, 6.07) is 6.03. The molecule has 1 heterocycles. The van der Waals surface area contributed by atoms with Gasteiger partial charge in [-0.2, -0.15) is 5.90 Å². The monoisotopic (exact) mass is 418 g/mol. The van der Waals surface area contributed by atoms with E-state index in [1.165, 1.54) is 16.0 Å². The molecule has 1 aromatic carbocycles. The lowest BCUT2D eigenvalue weighted by Gasteiger charge is -2.54. The van der Waals surface area contributed by atoms with Gasteiger partial charge in [0.1, 0.15) is 5.75 Å². The van der Waals surface area contributed by atoms with E-state index in [1.54, 1.807) is 6.08 Å². The van der Waals surface area contributed by atoms with Crippen LogP contribution >= 0.6 is 12.3 Å². The molecule has 1 saturated carbocycles. The number of amides is 2. The molecule has 4 rings (SSSR count). The molecule has 3 unspecified atom stereocenters. The molecule has 0 bridgehead atoms. The second kappa shape index (κ2) is 8.10. The van der Waals surface area contributed by atoms with Gasteiger partial charge in [-0.15, -0.1) is 15.9 Å². The number of hydrogen-bond acceptors (Lipinski definition) is 7. The van der Waals surface area contributed by atoms with E-state index in [2.05, 4.69) is 28.9 Å². The van der Waals surface area contributed by atoms with Gasteiger partial charge in [-0.3, -0.25) is 14.5 Å². The molecule has 4 atom stereocenters. The van der Waals surface area contributed by atoms with Crippen LogP contribution in [0.4, 0.5) is 0 Å². The number of imide groups is 1. The number of fused-ring (bicyclic) bond motifs is 5. The smallest absolute Gasteiger partial charge is 0.260 e. The first-order valence-corrected chi connectivity index (χ1v) is 10.6. The van der Waals surface area contributed by atoms with Crippen LogP contribution in [-0.4, -0.2) is 23.3 Å². The summed E-state index contributed by atoms with van der Waals surface area (Å²) in [6.45, 7) is 6.05. The van der Waals surface area contributed by atoms with E-state index >= 15 is 0 Å². The number of benzene rings is 1. The number of aryl methyl sites for hydroxylation is 1. The Morgan fingerprint density at radius 1 is 1.38 bits per heavy atom. The highest BCUT2D eigenvalue weighted by molar-refractivity contribution is 7.90. The number of nitrogens with zero attached hydrogens (tertiary/aromatic N) is 1. The Balaban J connectivity index is 1.57. The zero-order valence-corrected chi connectivity index (χ0v) is 17.3. The fourth-order valence-electron chi connectivity index (χ4n) is 5.68. The summed E-state index contributed by atoms with van der Waals surface area (Å²) in [5.74, 6) is 6.20. The van der Waals surface area contributed by atoms with Gasteiger partial charge < -0.3 is 4.18 Å². The van der Waals surface area contributed by atoms with Crippen molar-refractivity contribution >= 4 is 24.1 Å². The van der Waals surface area contributed by atoms with Gasteiger partial charge in [-0.05, 0) is 66.7 Å². The lowest BCUT2D eigenvalue weighted by atomic mass is 9.52. The number of rotatable bonds is 6. The maximum atomic E-state index is 13.2. The fraction of sp³-hybridized carbons (Fsp3) is 0.524. The molecule has 1 aromatic rings. The quantitative estimate of drug-likeness (QED) is 0.189. The number of hydrogen-bond donors (Lipinski definition) is 1. The minimum absolute atomic E-state index is 0.0224. The molecule has 8 heteroatoms.